The van der Waals surface area contributed by atoms with Crippen molar-refractivity contribution >= 4 is 34.8 Å². The SMILES string of the molecule is CC(C)n1cnnc1-c1cccc(Nc2cccc3[nH]ccc(=O)c23)n1.Cl. The van der Waals surface area contributed by atoms with Crippen molar-refractivity contribution in [1.82, 2.24) is 24.7 Å². The van der Waals surface area contributed by atoms with Crippen molar-refractivity contribution in [3.63, 3.8) is 0 Å². The largest absolute Gasteiger partial charge is 0.361 e. The predicted molar refractivity (Wildman–Crippen MR) is 109 cm³/mol. The molecule has 0 atom stereocenters. The van der Waals surface area contributed by atoms with Crippen molar-refractivity contribution in [2.75, 3.05) is 5.32 Å². The Morgan fingerprint density at radius 2 is 1.93 bits per heavy atom. The fourth-order valence-corrected chi connectivity index (χ4v) is 2.90. The summed E-state index contributed by atoms with van der Waals surface area (Å²) in [5.41, 5.74) is 2.16. The van der Waals surface area contributed by atoms with Crippen LogP contribution in [-0.2, 0) is 0 Å². The summed E-state index contributed by atoms with van der Waals surface area (Å²) in [6, 6.07) is 13.0. The Morgan fingerprint density at radius 1 is 1.11 bits per heavy atom. The smallest absolute Gasteiger partial charge is 0.191 e. The van der Waals surface area contributed by atoms with Crippen LogP contribution >= 0.6 is 12.4 Å². The average molecular weight is 383 g/mol. The number of aromatic amines is 1. The minimum atomic E-state index is -0.0439. The van der Waals surface area contributed by atoms with Gasteiger partial charge in [0.15, 0.2) is 11.3 Å². The summed E-state index contributed by atoms with van der Waals surface area (Å²) in [6.45, 7) is 4.13. The summed E-state index contributed by atoms with van der Waals surface area (Å²) in [4.78, 5) is 20.0. The third-order valence-electron chi connectivity index (χ3n) is 4.15. The van der Waals surface area contributed by atoms with Crippen LogP contribution in [-0.4, -0.2) is 24.7 Å². The lowest BCUT2D eigenvalue weighted by Crippen LogP contribution is -2.06. The number of pyridine rings is 2. The van der Waals surface area contributed by atoms with Gasteiger partial charge in [-0.25, -0.2) is 4.98 Å². The van der Waals surface area contributed by atoms with Crippen molar-refractivity contribution in [2.24, 2.45) is 0 Å². The summed E-state index contributed by atoms with van der Waals surface area (Å²) in [7, 11) is 0. The maximum Gasteiger partial charge on any atom is 0.191 e. The number of anilines is 2. The van der Waals surface area contributed by atoms with Crippen molar-refractivity contribution in [3.8, 4) is 11.5 Å². The Labute approximate surface area is 161 Å². The second-order valence-corrected chi connectivity index (χ2v) is 6.26. The molecule has 4 aromatic rings. The highest BCUT2D eigenvalue weighted by molar-refractivity contribution is 5.92. The monoisotopic (exact) mass is 382 g/mol. The van der Waals surface area contributed by atoms with Crippen LogP contribution in [0.5, 0.6) is 0 Å². The number of benzene rings is 1. The van der Waals surface area contributed by atoms with Gasteiger partial charge in [0, 0.05) is 18.3 Å². The second-order valence-electron chi connectivity index (χ2n) is 6.26. The molecule has 0 amide bonds. The third kappa shape index (κ3) is 3.54. The van der Waals surface area contributed by atoms with E-state index in [0.29, 0.717) is 22.7 Å². The van der Waals surface area contributed by atoms with Crippen LogP contribution in [0.3, 0.4) is 0 Å². The maximum atomic E-state index is 12.3. The van der Waals surface area contributed by atoms with E-state index in [2.05, 4.69) is 39.3 Å². The summed E-state index contributed by atoms with van der Waals surface area (Å²) < 4.78 is 1.97. The molecule has 0 aliphatic heterocycles. The average Bonchev–Trinajstić information content (AvgIpc) is 3.12. The van der Waals surface area contributed by atoms with Crippen LogP contribution in [0.15, 0.2) is 59.8 Å². The van der Waals surface area contributed by atoms with Crippen LogP contribution in [0.2, 0.25) is 0 Å². The molecule has 0 bridgehead atoms. The van der Waals surface area contributed by atoms with Gasteiger partial charge in [-0.15, -0.1) is 22.6 Å². The first-order chi connectivity index (χ1) is 12.6. The standard InChI is InChI=1S/C19H18N6O.ClH/c1-12(2)25-11-21-24-19(25)15-7-4-8-17(23-15)22-14-6-3-5-13-18(14)16(26)9-10-20-13;/h3-12H,1-2H3,(H,20,26)(H,22,23);1H. The Bertz CT molecular complexity index is 1130. The molecule has 1 aromatic carbocycles. The first-order valence-corrected chi connectivity index (χ1v) is 8.38. The van der Waals surface area contributed by atoms with E-state index in [1.807, 2.05) is 41.0 Å². The molecule has 0 aliphatic rings. The van der Waals surface area contributed by atoms with Gasteiger partial charge in [-0.05, 0) is 38.1 Å². The lowest BCUT2D eigenvalue weighted by Gasteiger charge is -2.12. The molecule has 138 valence electrons. The highest BCUT2D eigenvalue weighted by Crippen LogP contribution is 2.24. The summed E-state index contributed by atoms with van der Waals surface area (Å²) in [5.74, 6) is 1.34. The molecule has 0 fully saturated rings. The van der Waals surface area contributed by atoms with Gasteiger partial charge in [0.05, 0.1) is 16.6 Å². The Kier molecular flexibility index (Phi) is 5.23. The minimum Gasteiger partial charge on any atom is -0.361 e. The van der Waals surface area contributed by atoms with Crippen LogP contribution in [0.4, 0.5) is 11.5 Å². The highest BCUT2D eigenvalue weighted by Gasteiger charge is 2.12. The molecule has 0 radical (unpaired) electrons. The summed E-state index contributed by atoms with van der Waals surface area (Å²) in [5, 5.41) is 12.0. The summed E-state index contributed by atoms with van der Waals surface area (Å²) in [6.07, 6.45) is 3.35. The van der Waals surface area contributed by atoms with E-state index >= 15 is 0 Å². The quantitative estimate of drug-likeness (QED) is 0.558. The number of nitrogens with zero attached hydrogens (tertiary/aromatic N) is 4. The zero-order valence-corrected chi connectivity index (χ0v) is 15.7. The Balaban J connectivity index is 0.00000210. The fourth-order valence-electron chi connectivity index (χ4n) is 2.90. The Morgan fingerprint density at radius 3 is 2.74 bits per heavy atom. The van der Waals surface area contributed by atoms with E-state index in [4.69, 9.17) is 0 Å². The van der Waals surface area contributed by atoms with Crippen molar-refractivity contribution in [2.45, 2.75) is 19.9 Å². The molecule has 0 aliphatic carbocycles. The van der Waals surface area contributed by atoms with E-state index in [1.54, 1.807) is 12.5 Å². The van der Waals surface area contributed by atoms with Crippen LogP contribution in [0.1, 0.15) is 19.9 Å². The molecule has 7 nitrogen and oxygen atoms in total. The van der Waals surface area contributed by atoms with Gasteiger partial charge in [0.2, 0.25) is 0 Å². The molecular weight excluding hydrogens is 364 g/mol. The van der Waals surface area contributed by atoms with Crippen LogP contribution in [0.25, 0.3) is 22.4 Å². The second kappa shape index (κ2) is 7.59. The topological polar surface area (TPSA) is 88.5 Å². The molecule has 3 heterocycles. The van der Waals surface area contributed by atoms with Crippen molar-refractivity contribution in [1.29, 1.82) is 0 Å². The van der Waals surface area contributed by atoms with E-state index in [9.17, 15) is 4.79 Å². The van der Waals surface area contributed by atoms with E-state index in [-0.39, 0.29) is 23.9 Å². The normalized spacial score (nSPS) is 10.8. The molecule has 4 rings (SSSR count). The molecule has 8 heteroatoms. The minimum absolute atomic E-state index is 0. The summed E-state index contributed by atoms with van der Waals surface area (Å²) >= 11 is 0. The number of H-pyrrole nitrogens is 1. The van der Waals surface area contributed by atoms with Gasteiger partial charge >= 0.3 is 0 Å². The van der Waals surface area contributed by atoms with E-state index in [0.717, 1.165) is 11.2 Å². The zero-order chi connectivity index (χ0) is 18.1. The number of aromatic nitrogens is 5. The number of rotatable bonds is 4. The number of hydrogen-bond acceptors (Lipinski definition) is 5. The van der Waals surface area contributed by atoms with E-state index < -0.39 is 0 Å². The fraction of sp³-hybridized carbons (Fsp3) is 0.158. The molecular formula is C19H19ClN6O. The molecule has 0 spiro atoms. The van der Waals surface area contributed by atoms with Crippen molar-refractivity contribution in [3.05, 3.63) is 65.2 Å². The first-order valence-electron chi connectivity index (χ1n) is 8.38. The Hall–Kier alpha value is -3.19. The lowest BCUT2D eigenvalue weighted by atomic mass is 10.1. The highest BCUT2D eigenvalue weighted by atomic mass is 35.5. The molecule has 2 N–H and O–H groups in total. The zero-order valence-electron chi connectivity index (χ0n) is 14.9. The van der Waals surface area contributed by atoms with Gasteiger partial charge in [-0.1, -0.05) is 12.1 Å². The van der Waals surface area contributed by atoms with Crippen molar-refractivity contribution < 1.29 is 0 Å². The maximum absolute atomic E-state index is 12.3. The van der Waals surface area contributed by atoms with Gasteiger partial charge in [0.25, 0.3) is 0 Å². The number of halogens is 1. The first kappa shape index (κ1) is 18.6. The van der Waals surface area contributed by atoms with E-state index in [1.165, 1.54) is 6.07 Å². The third-order valence-corrected chi connectivity index (χ3v) is 4.15. The predicted octanol–water partition coefficient (Wildman–Crippen LogP) is 3.93. The molecule has 0 saturated heterocycles. The number of fused-ring (bicyclic) bond motifs is 1. The number of hydrogen-bond donors (Lipinski definition) is 2. The molecule has 0 saturated carbocycles. The van der Waals surface area contributed by atoms with Gasteiger partial charge in [0.1, 0.15) is 17.8 Å². The lowest BCUT2D eigenvalue weighted by molar-refractivity contribution is 0.603. The molecule has 0 unspecified atom stereocenters. The molecule has 27 heavy (non-hydrogen) atoms. The van der Waals surface area contributed by atoms with Gasteiger partial charge in [-0.2, -0.15) is 0 Å². The van der Waals surface area contributed by atoms with Gasteiger partial charge < -0.3 is 14.9 Å². The van der Waals surface area contributed by atoms with Crippen LogP contribution < -0.4 is 10.7 Å². The van der Waals surface area contributed by atoms with Gasteiger partial charge in [-0.3, -0.25) is 4.79 Å². The molecule has 3 aromatic heterocycles. The van der Waals surface area contributed by atoms with Crippen LogP contribution in [0, 0.1) is 0 Å². The number of nitrogens with one attached hydrogen (secondary N) is 2.